The van der Waals surface area contributed by atoms with E-state index in [0.29, 0.717) is 0 Å². The molecule has 0 spiro atoms. The van der Waals surface area contributed by atoms with Gasteiger partial charge in [-0.2, -0.15) is 0 Å². The molecule has 6 aliphatic rings. The Bertz CT molecular complexity index is 1690. The fourth-order valence-corrected chi connectivity index (χ4v) is 8.99. The first-order chi connectivity index (χ1) is 33.6. The summed E-state index contributed by atoms with van der Waals surface area (Å²) in [5.41, 5.74) is 0. The molecule has 71 heavy (non-hydrogen) atoms. The Balaban J connectivity index is 1.37. The van der Waals surface area contributed by atoms with Gasteiger partial charge in [0.1, 0.15) is 140 Å². The highest BCUT2D eigenvalue weighted by Gasteiger charge is 2.58. The van der Waals surface area contributed by atoms with Crippen LogP contribution in [-0.2, 0) is 61.7 Å². The molecule has 0 saturated carbocycles. The Kier molecular flexibility index (Phi) is 20.5. The molecule has 6 heterocycles. The molecule has 6 saturated heterocycles. The molecule has 0 radical (unpaired) electrons. The number of ether oxygens (including phenoxy) is 11. The lowest BCUT2D eigenvalue weighted by Gasteiger charge is -2.51. The standard InChI is InChI=1S/C39H66N2O30/c1-9(47)40-17-23(53)30(14(6-45)62-34(17)60)68-35-18(41-10(2)48)24(54)31(15(7-46)66-35)69-39-33(71-37-27(57)21(51)13(5-44)65-37)32(70-38-29(59)26(56)20(50)12(4-43)64-38)22(52)16(67-39)8-61-36-28(58)25(55)19(49)11(3-42)63-36/h11-39,42-46,49-60H,3-8H2,1-2H3,(H,40,47)(H,41,48)/t11-,12-,13-,14-,15-,16-,17-,18-,19-,20-,21+,22-,23-,24-,25+,26+,27-,28+,29+,30-,31-,32+,33+,34?,35+,36+,37+,38-,39+/m1/s1. The maximum absolute atomic E-state index is 12.7. The van der Waals surface area contributed by atoms with Crippen molar-refractivity contribution in [2.24, 2.45) is 0 Å². The molecule has 0 aromatic carbocycles. The predicted octanol–water partition coefficient (Wildman–Crippen LogP) is -13.2. The third-order valence-electron chi connectivity index (χ3n) is 12.9. The van der Waals surface area contributed by atoms with Crippen molar-refractivity contribution in [3.63, 3.8) is 0 Å². The average molecular weight is 1040 g/mol. The average Bonchev–Trinajstić information content (AvgIpc) is 3.61. The maximum atomic E-state index is 12.7. The minimum Gasteiger partial charge on any atom is -0.394 e. The van der Waals surface area contributed by atoms with E-state index in [9.17, 15) is 96.4 Å². The van der Waals surface area contributed by atoms with Gasteiger partial charge in [-0.25, -0.2) is 0 Å². The smallest absolute Gasteiger partial charge is 0.217 e. The first kappa shape index (κ1) is 58.1. The molecule has 6 aliphatic heterocycles. The number of aliphatic hydroxyl groups excluding tert-OH is 17. The van der Waals surface area contributed by atoms with Crippen LogP contribution in [0, 0.1) is 0 Å². The Morgan fingerprint density at radius 2 is 0.732 bits per heavy atom. The molecule has 29 atom stereocenters. The van der Waals surface area contributed by atoms with Crippen molar-refractivity contribution in [1.29, 1.82) is 0 Å². The summed E-state index contributed by atoms with van der Waals surface area (Å²) < 4.78 is 63.8. The normalized spacial score (nSPS) is 49.6. The summed E-state index contributed by atoms with van der Waals surface area (Å²) in [4.78, 5) is 24.6. The predicted molar refractivity (Wildman–Crippen MR) is 216 cm³/mol. The van der Waals surface area contributed by atoms with Crippen LogP contribution in [0.5, 0.6) is 0 Å². The third-order valence-corrected chi connectivity index (χ3v) is 12.9. The van der Waals surface area contributed by atoms with Crippen molar-refractivity contribution in [3.05, 3.63) is 0 Å². The van der Waals surface area contributed by atoms with E-state index in [1.807, 2.05) is 0 Å². The highest BCUT2D eigenvalue weighted by atomic mass is 16.8. The van der Waals surface area contributed by atoms with Crippen molar-refractivity contribution in [1.82, 2.24) is 10.6 Å². The molecule has 1 unspecified atom stereocenters. The van der Waals surface area contributed by atoms with Crippen LogP contribution in [0.1, 0.15) is 13.8 Å². The van der Waals surface area contributed by atoms with E-state index in [4.69, 9.17) is 52.1 Å². The summed E-state index contributed by atoms with van der Waals surface area (Å²) in [5.74, 6) is -1.57. The van der Waals surface area contributed by atoms with Crippen molar-refractivity contribution in [2.45, 2.75) is 192 Å². The number of carbonyl (C=O) groups is 2. The molecular formula is C39H66N2O30. The van der Waals surface area contributed by atoms with Gasteiger partial charge in [-0.3, -0.25) is 9.59 Å². The lowest BCUT2D eigenvalue weighted by atomic mass is 9.93. The number of hydrogen-bond donors (Lipinski definition) is 19. The Labute approximate surface area is 402 Å². The number of amides is 2. The van der Waals surface area contributed by atoms with Crippen LogP contribution in [0.25, 0.3) is 0 Å². The lowest BCUT2D eigenvalue weighted by molar-refractivity contribution is -0.397. The second kappa shape index (κ2) is 25.1. The van der Waals surface area contributed by atoms with E-state index < -0.39 is 229 Å². The molecule has 0 aromatic rings. The molecule has 32 nitrogen and oxygen atoms in total. The van der Waals surface area contributed by atoms with E-state index in [1.54, 1.807) is 0 Å². The van der Waals surface area contributed by atoms with E-state index in [1.165, 1.54) is 0 Å². The third kappa shape index (κ3) is 12.6. The first-order valence-corrected chi connectivity index (χ1v) is 22.5. The van der Waals surface area contributed by atoms with Crippen molar-refractivity contribution >= 4 is 11.8 Å². The second-order valence-corrected chi connectivity index (χ2v) is 17.8. The van der Waals surface area contributed by atoms with Crippen LogP contribution in [0.2, 0.25) is 0 Å². The molecule has 0 aromatic heterocycles. The van der Waals surface area contributed by atoms with Crippen LogP contribution in [0.3, 0.4) is 0 Å². The number of nitrogens with one attached hydrogen (secondary N) is 2. The highest BCUT2D eigenvalue weighted by Crippen LogP contribution is 2.38. The summed E-state index contributed by atoms with van der Waals surface area (Å²) in [6.45, 7) is -3.56. The van der Waals surface area contributed by atoms with Gasteiger partial charge in [0.15, 0.2) is 37.7 Å². The van der Waals surface area contributed by atoms with Crippen LogP contribution in [0.15, 0.2) is 0 Å². The highest BCUT2D eigenvalue weighted by molar-refractivity contribution is 5.73. The fourth-order valence-electron chi connectivity index (χ4n) is 8.99. The van der Waals surface area contributed by atoms with E-state index in [-0.39, 0.29) is 0 Å². The van der Waals surface area contributed by atoms with Gasteiger partial charge in [0, 0.05) is 13.8 Å². The molecule has 412 valence electrons. The second-order valence-electron chi connectivity index (χ2n) is 17.8. The summed E-state index contributed by atoms with van der Waals surface area (Å²) in [7, 11) is 0. The van der Waals surface area contributed by atoms with Crippen molar-refractivity contribution < 1.29 is 149 Å². The van der Waals surface area contributed by atoms with Gasteiger partial charge in [0.05, 0.1) is 39.6 Å². The zero-order chi connectivity index (χ0) is 52.3. The van der Waals surface area contributed by atoms with Crippen LogP contribution >= 0.6 is 0 Å². The fraction of sp³-hybridized carbons (Fsp3) is 0.949. The first-order valence-electron chi connectivity index (χ1n) is 22.5. The van der Waals surface area contributed by atoms with Gasteiger partial charge in [-0.05, 0) is 0 Å². The number of rotatable bonds is 18. The van der Waals surface area contributed by atoms with Crippen molar-refractivity contribution in [3.8, 4) is 0 Å². The monoisotopic (exact) mass is 1040 g/mol. The van der Waals surface area contributed by atoms with Crippen LogP contribution in [0.4, 0.5) is 0 Å². The van der Waals surface area contributed by atoms with Crippen molar-refractivity contribution in [2.75, 3.05) is 39.6 Å². The van der Waals surface area contributed by atoms with Gasteiger partial charge in [0.2, 0.25) is 11.8 Å². The molecule has 2 amide bonds. The maximum Gasteiger partial charge on any atom is 0.217 e. The number of aliphatic hydroxyl groups is 17. The molecule has 32 heteroatoms. The summed E-state index contributed by atoms with van der Waals surface area (Å²) >= 11 is 0. The quantitative estimate of drug-likeness (QED) is 0.0606. The van der Waals surface area contributed by atoms with E-state index >= 15 is 0 Å². The van der Waals surface area contributed by atoms with Crippen LogP contribution < -0.4 is 10.6 Å². The Morgan fingerprint density at radius 3 is 1.24 bits per heavy atom. The van der Waals surface area contributed by atoms with Gasteiger partial charge in [0.25, 0.3) is 0 Å². The SMILES string of the molecule is CC(=O)N[C@H]1[C@H](O[C@H]2[C@H](O)[C@@H](NC(C)=O)C(O)O[C@@H]2CO)O[C@H](CO)[C@@H](O[C@@H]2O[C@H](CO[C@H]3O[C@H](CO)[C@@H](O)[C@H](O)[C@@H]3O)[C@@H](O)[C@H](O[C@H]3O[C@H](CO)[C@@H](O)[C@H](O)[C@@H]3O)[C@@H]2O[C@@H]2O[C@H](CO)[C@H](O)[C@H]2O)[C@@H]1O. The molecule has 0 aliphatic carbocycles. The summed E-state index contributed by atoms with van der Waals surface area (Å²) in [5, 5.41) is 186. The van der Waals surface area contributed by atoms with Gasteiger partial charge >= 0.3 is 0 Å². The number of carbonyl (C=O) groups excluding carboxylic acids is 2. The Hall–Kier alpha value is -2.18. The minimum absolute atomic E-state index is 0.722. The van der Waals surface area contributed by atoms with E-state index in [0.717, 1.165) is 13.8 Å². The molecule has 0 bridgehead atoms. The zero-order valence-electron chi connectivity index (χ0n) is 37.9. The van der Waals surface area contributed by atoms with Crippen LogP contribution in [-0.4, -0.2) is 316 Å². The summed E-state index contributed by atoms with van der Waals surface area (Å²) in [6, 6.07) is -3.33. The largest absolute Gasteiger partial charge is 0.394 e. The minimum atomic E-state index is -2.20. The summed E-state index contributed by atoms with van der Waals surface area (Å²) in [6.07, 6.45) is -51.4. The van der Waals surface area contributed by atoms with Gasteiger partial charge in [-0.15, -0.1) is 0 Å². The van der Waals surface area contributed by atoms with Gasteiger partial charge < -0.3 is 150 Å². The topological polar surface area (TPSA) is 504 Å². The zero-order valence-corrected chi connectivity index (χ0v) is 37.9. The Morgan fingerprint density at radius 1 is 0.366 bits per heavy atom. The molecule has 6 rings (SSSR count). The lowest BCUT2D eigenvalue weighted by Crippen LogP contribution is -2.70. The molecule has 19 N–H and O–H groups in total. The van der Waals surface area contributed by atoms with E-state index in [2.05, 4.69) is 10.6 Å². The molecular weight excluding hydrogens is 976 g/mol. The molecule has 6 fully saturated rings. The number of hydrogen-bond acceptors (Lipinski definition) is 30. The van der Waals surface area contributed by atoms with Gasteiger partial charge in [-0.1, -0.05) is 0 Å².